The summed E-state index contributed by atoms with van der Waals surface area (Å²) in [5.41, 5.74) is 9.88. The smallest absolute Gasteiger partial charge is 0.312 e. The molecule has 0 radical (unpaired) electrons. The Labute approximate surface area is 192 Å². The van der Waals surface area contributed by atoms with Gasteiger partial charge in [-0.2, -0.15) is 14.4 Å². The molecule has 178 valence electrons. The first-order valence-electron chi connectivity index (χ1n) is 10.9. The number of hydrogen-bond acceptors (Lipinski definition) is 7. The molecule has 1 aliphatic rings. The van der Waals surface area contributed by atoms with Gasteiger partial charge in [0, 0.05) is 25.9 Å². The van der Waals surface area contributed by atoms with Gasteiger partial charge in [-0.05, 0) is 56.9 Å². The summed E-state index contributed by atoms with van der Waals surface area (Å²) in [5.74, 6) is 1.50. The molecule has 0 amide bonds. The van der Waals surface area contributed by atoms with Gasteiger partial charge in [-0.3, -0.25) is 0 Å². The second-order valence-electron chi connectivity index (χ2n) is 9.26. The van der Waals surface area contributed by atoms with E-state index in [1.54, 1.807) is 25.3 Å². The number of fused-ring (bicyclic) bond motifs is 2. The van der Waals surface area contributed by atoms with Crippen LogP contribution in [0.25, 0.3) is 11.2 Å². The summed E-state index contributed by atoms with van der Waals surface area (Å²) >= 11 is 0. The van der Waals surface area contributed by atoms with Crippen molar-refractivity contribution in [1.29, 1.82) is 0 Å². The van der Waals surface area contributed by atoms with E-state index in [9.17, 15) is 12.8 Å². The quantitative estimate of drug-likeness (QED) is 0.396. The van der Waals surface area contributed by atoms with Crippen molar-refractivity contribution in [3.05, 3.63) is 40.7 Å². The highest BCUT2D eigenvalue weighted by Gasteiger charge is 2.28. The van der Waals surface area contributed by atoms with Crippen molar-refractivity contribution in [2.45, 2.75) is 58.2 Å². The van der Waals surface area contributed by atoms with E-state index in [1.807, 2.05) is 13.0 Å². The summed E-state index contributed by atoms with van der Waals surface area (Å²) in [6, 6.07) is 4.15. The number of aryl methyl sites for hydroxylation is 2. The number of nitrogens with one attached hydrogen (secondary N) is 1. The third-order valence-electron chi connectivity index (χ3n) is 5.83. The van der Waals surface area contributed by atoms with Crippen molar-refractivity contribution in [3.8, 4) is 5.75 Å². The number of nitrogens with two attached hydrogens (primary N) is 1. The Bertz CT molecular complexity index is 1310. The molecule has 1 aliphatic heterocycles. The molecule has 0 saturated carbocycles. The Balaban J connectivity index is 1.63. The number of anilines is 1. The van der Waals surface area contributed by atoms with Gasteiger partial charge < -0.3 is 15.0 Å². The van der Waals surface area contributed by atoms with Gasteiger partial charge >= 0.3 is 6.08 Å². The van der Waals surface area contributed by atoms with Crippen LogP contribution in [0.3, 0.4) is 0 Å². The summed E-state index contributed by atoms with van der Waals surface area (Å²) < 4.78 is 47.8. The molecule has 3 aromatic rings. The van der Waals surface area contributed by atoms with Crippen molar-refractivity contribution >= 4 is 27.0 Å². The van der Waals surface area contributed by atoms with Gasteiger partial charge in [0.2, 0.25) is 10.0 Å². The van der Waals surface area contributed by atoms with E-state index < -0.39 is 20.8 Å². The zero-order valence-corrected chi connectivity index (χ0v) is 20.1. The zero-order valence-electron chi connectivity index (χ0n) is 19.3. The fraction of sp³-hybridized carbons (Fsp3) is 0.500. The first-order valence-corrected chi connectivity index (χ1v) is 12.4. The molecule has 9 nitrogen and oxygen atoms in total. The Morgan fingerprint density at radius 3 is 2.73 bits per heavy atom. The average molecular weight is 477 g/mol. The highest BCUT2D eigenvalue weighted by Crippen LogP contribution is 2.30. The first kappa shape index (κ1) is 23.4. The van der Waals surface area contributed by atoms with E-state index in [0.717, 1.165) is 23.3 Å². The minimum Gasteiger partial charge on any atom is -0.493 e. The summed E-state index contributed by atoms with van der Waals surface area (Å²) in [7, 11) is -3.46. The van der Waals surface area contributed by atoms with Gasteiger partial charge in [-0.25, -0.2) is 18.1 Å². The fourth-order valence-corrected chi connectivity index (χ4v) is 4.67. The minimum absolute atomic E-state index is 0.0278. The number of imidazole rings is 1. The van der Waals surface area contributed by atoms with Crippen molar-refractivity contribution in [2.75, 3.05) is 18.9 Å². The molecule has 0 aliphatic carbocycles. The molecule has 0 bridgehead atoms. The molecule has 3 heterocycles. The molecular weight excluding hydrogens is 447 g/mol. The standard InChI is InChI=1S/C22H29FN6O3S/c1-13-10-14-6-9-32-16(14)11-15(13)12-17-26-18-19(24)27-21(23)28-20(18)29(17)8-5-7-25-33(30,31)22(2,3)4/h10-11,25H,5-9,12H2,1-4H3,(H2,24,27,28). The van der Waals surface area contributed by atoms with Gasteiger partial charge in [0.15, 0.2) is 17.0 Å². The van der Waals surface area contributed by atoms with E-state index in [0.29, 0.717) is 43.0 Å². The molecule has 33 heavy (non-hydrogen) atoms. The number of sulfonamides is 1. The molecule has 0 saturated heterocycles. The predicted molar refractivity (Wildman–Crippen MR) is 124 cm³/mol. The van der Waals surface area contributed by atoms with Crippen LogP contribution in [0.4, 0.5) is 10.2 Å². The molecular formula is C22H29FN6O3S. The van der Waals surface area contributed by atoms with Gasteiger partial charge in [0.1, 0.15) is 11.6 Å². The second-order valence-corrected chi connectivity index (χ2v) is 11.8. The summed E-state index contributed by atoms with van der Waals surface area (Å²) in [6.45, 7) is 8.25. The van der Waals surface area contributed by atoms with Crippen LogP contribution in [0.15, 0.2) is 12.1 Å². The lowest BCUT2D eigenvalue weighted by Crippen LogP contribution is -2.39. The molecule has 0 spiro atoms. The number of aromatic nitrogens is 4. The summed E-state index contributed by atoms with van der Waals surface area (Å²) in [4.78, 5) is 12.1. The third-order valence-corrected chi connectivity index (χ3v) is 8.02. The van der Waals surface area contributed by atoms with Crippen LogP contribution < -0.4 is 15.2 Å². The lowest BCUT2D eigenvalue weighted by atomic mass is 10.0. The van der Waals surface area contributed by atoms with Crippen LogP contribution in [0.1, 0.15) is 49.7 Å². The van der Waals surface area contributed by atoms with Gasteiger partial charge in [-0.15, -0.1) is 0 Å². The van der Waals surface area contributed by atoms with Crippen LogP contribution in [-0.4, -0.2) is 45.8 Å². The molecule has 11 heteroatoms. The Morgan fingerprint density at radius 1 is 1.24 bits per heavy atom. The van der Waals surface area contributed by atoms with E-state index in [1.165, 1.54) is 5.56 Å². The van der Waals surface area contributed by atoms with Crippen LogP contribution in [-0.2, 0) is 29.4 Å². The van der Waals surface area contributed by atoms with E-state index in [4.69, 9.17) is 10.5 Å². The molecule has 0 atom stereocenters. The molecule has 3 N–H and O–H groups in total. The fourth-order valence-electron chi connectivity index (χ4n) is 3.82. The second kappa shape index (κ2) is 8.53. The summed E-state index contributed by atoms with van der Waals surface area (Å²) in [6.07, 6.45) is 0.896. The number of nitrogens with zero attached hydrogens (tertiary/aromatic N) is 4. The van der Waals surface area contributed by atoms with Crippen molar-refractivity contribution < 1.29 is 17.5 Å². The number of benzene rings is 1. The number of hydrogen-bond donors (Lipinski definition) is 2. The van der Waals surface area contributed by atoms with Gasteiger partial charge in [0.05, 0.1) is 11.4 Å². The molecule has 4 rings (SSSR count). The lowest BCUT2D eigenvalue weighted by molar-refractivity contribution is 0.356. The van der Waals surface area contributed by atoms with Crippen molar-refractivity contribution in [3.63, 3.8) is 0 Å². The van der Waals surface area contributed by atoms with Crippen LogP contribution in [0.2, 0.25) is 0 Å². The van der Waals surface area contributed by atoms with E-state index >= 15 is 0 Å². The van der Waals surface area contributed by atoms with Crippen molar-refractivity contribution in [1.82, 2.24) is 24.2 Å². The number of rotatable bonds is 7. The van der Waals surface area contributed by atoms with Gasteiger partial charge in [-0.1, -0.05) is 6.07 Å². The van der Waals surface area contributed by atoms with Crippen LogP contribution in [0, 0.1) is 13.0 Å². The normalized spacial score (nSPS) is 14.0. The Morgan fingerprint density at radius 2 is 2.00 bits per heavy atom. The first-order chi connectivity index (χ1) is 15.5. The number of nitrogen functional groups attached to an aromatic ring is 1. The molecule has 2 aromatic heterocycles. The molecule has 1 aromatic carbocycles. The lowest BCUT2D eigenvalue weighted by Gasteiger charge is -2.19. The topological polar surface area (TPSA) is 125 Å². The number of ether oxygens (including phenoxy) is 1. The summed E-state index contributed by atoms with van der Waals surface area (Å²) in [5, 5.41) is 0. The zero-order chi connectivity index (χ0) is 24.0. The Hall–Kier alpha value is -2.79. The largest absolute Gasteiger partial charge is 0.493 e. The van der Waals surface area contributed by atoms with E-state index in [-0.39, 0.29) is 12.4 Å². The van der Waals surface area contributed by atoms with Crippen LogP contribution >= 0.6 is 0 Å². The maximum absolute atomic E-state index is 14.0. The van der Waals surface area contributed by atoms with Crippen molar-refractivity contribution in [2.24, 2.45) is 0 Å². The highest BCUT2D eigenvalue weighted by molar-refractivity contribution is 7.90. The highest BCUT2D eigenvalue weighted by atomic mass is 32.2. The SMILES string of the molecule is Cc1cc2c(cc1Cc1nc3c(N)nc(F)nc3n1CCCNS(=O)(=O)C(C)(C)C)OCC2. The maximum atomic E-state index is 14.0. The Kier molecular flexibility index (Phi) is 6.04. The average Bonchev–Trinajstić information content (AvgIpc) is 3.29. The molecule has 0 fully saturated rings. The van der Waals surface area contributed by atoms with Crippen LogP contribution in [0.5, 0.6) is 5.75 Å². The maximum Gasteiger partial charge on any atom is 0.312 e. The number of halogens is 1. The van der Waals surface area contributed by atoms with E-state index in [2.05, 4.69) is 25.7 Å². The monoisotopic (exact) mass is 476 g/mol. The predicted octanol–water partition coefficient (Wildman–Crippen LogP) is 2.49. The van der Waals surface area contributed by atoms with Gasteiger partial charge in [0.25, 0.3) is 0 Å². The minimum atomic E-state index is -3.46. The molecule has 0 unspecified atom stereocenters. The third kappa shape index (κ3) is 4.65.